The predicted octanol–water partition coefficient (Wildman–Crippen LogP) is 2.42. The van der Waals surface area contributed by atoms with Gasteiger partial charge in [0.05, 0.1) is 4.90 Å². The summed E-state index contributed by atoms with van der Waals surface area (Å²) in [5.74, 6) is 1.49. The smallest absolute Gasteiger partial charge is 0.243 e. The summed E-state index contributed by atoms with van der Waals surface area (Å²) in [6.45, 7) is 6.14. The van der Waals surface area contributed by atoms with Crippen molar-refractivity contribution in [2.75, 3.05) is 30.7 Å². The molecule has 0 radical (unpaired) electrons. The molecule has 0 bridgehead atoms. The summed E-state index contributed by atoms with van der Waals surface area (Å²) in [6, 6.07) is 3.21. The average Bonchev–Trinajstić information content (AvgIpc) is 2.53. The van der Waals surface area contributed by atoms with Gasteiger partial charge in [0.2, 0.25) is 10.0 Å². The summed E-state index contributed by atoms with van der Waals surface area (Å²) in [5.41, 5.74) is 0. The number of hydrogen-bond donors (Lipinski definition) is 1. The summed E-state index contributed by atoms with van der Waals surface area (Å²) in [5, 5.41) is 3.53. The zero-order valence-corrected chi connectivity index (χ0v) is 14.2. The highest BCUT2D eigenvalue weighted by molar-refractivity contribution is 8.00. The van der Waals surface area contributed by atoms with Gasteiger partial charge in [-0.1, -0.05) is 13.8 Å². The number of nitrogens with zero attached hydrogens (tertiary/aromatic N) is 2. The molecule has 5 nitrogen and oxygen atoms in total. The van der Waals surface area contributed by atoms with Crippen molar-refractivity contribution in [3.05, 3.63) is 18.3 Å². The van der Waals surface area contributed by atoms with Crippen LogP contribution in [0.5, 0.6) is 0 Å². The van der Waals surface area contributed by atoms with Gasteiger partial charge in [0.25, 0.3) is 0 Å². The fourth-order valence-corrected chi connectivity index (χ4v) is 5.12. The molecule has 21 heavy (non-hydrogen) atoms. The Morgan fingerprint density at radius 3 is 3.00 bits per heavy atom. The second-order valence-electron chi connectivity index (χ2n) is 5.07. The van der Waals surface area contributed by atoms with Crippen molar-refractivity contribution < 1.29 is 8.42 Å². The van der Waals surface area contributed by atoms with Crippen molar-refractivity contribution in [2.45, 2.75) is 36.8 Å². The van der Waals surface area contributed by atoms with Gasteiger partial charge in [-0.05, 0) is 18.9 Å². The summed E-state index contributed by atoms with van der Waals surface area (Å²) in [6.07, 6.45) is 3.53. The molecule has 0 amide bonds. The molecule has 2 heterocycles. The van der Waals surface area contributed by atoms with E-state index in [1.54, 1.807) is 22.6 Å². The Bertz CT molecular complexity index is 563. The lowest BCUT2D eigenvalue weighted by Crippen LogP contribution is -2.41. The van der Waals surface area contributed by atoms with Crippen LogP contribution in [0.15, 0.2) is 23.2 Å². The fraction of sp³-hybridized carbons (Fsp3) is 0.643. The first-order chi connectivity index (χ1) is 10.1. The van der Waals surface area contributed by atoms with Gasteiger partial charge in [0.1, 0.15) is 5.82 Å². The Labute approximate surface area is 131 Å². The summed E-state index contributed by atoms with van der Waals surface area (Å²) in [4.78, 5) is 4.50. The van der Waals surface area contributed by atoms with Gasteiger partial charge < -0.3 is 5.32 Å². The molecule has 1 aromatic rings. The first kappa shape index (κ1) is 16.6. The molecule has 1 saturated heterocycles. The van der Waals surface area contributed by atoms with E-state index in [0.717, 1.165) is 25.1 Å². The van der Waals surface area contributed by atoms with E-state index in [1.165, 1.54) is 0 Å². The molecular weight excluding hydrogens is 306 g/mol. The van der Waals surface area contributed by atoms with Crippen LogP contribution in [-0.4, -0.2) is 48.3 Å². The molecule has 0 spiro atoms. The molecular formula is C14H23N3O2S2. The maximum absolute atomic E-state index is 12.7. The SMILES string of the molecule is CCCNc1cc(S(=O)(=O)N2CCSC(CC)C2)ccn1. The number of nitrogens with one attached hydrogen (secondary N) is 1. The maximum atomic E-state index is 12.7. The zero-order valence-electron chi connectivity index (χ0n) is 12.6. The maximum Gasteiger partial charge on any atom is 0.243 e. The van der Waals surface area contributed by atoms with Crippen LogP contribution in [0.2, 0.25) is 0 Å². The van der Waals surface area contributed by atoms with Crippen molar-refractivity contribution in [1.82, 2.24) is 9.29 Å². The van der Waals surface area contributed by atoms with E-state index in [1.807, 2.05) is 11.8 Å². The topological polar surface area (TPSA) is 62.3 Å². The van der Waals surface area contributed by atoms with E-state index in [0.29, 0.717) is 29.1 Å². The van der Waals surface area contributed by atoms with Crippen molar-refractivity contribution in [1.29, 1.82) is 0 Å². The number of pyridine rings is 1. The standard InChI is InChI=1S/C14H23N3O2S2/c1-3-6-15-14-10-13(5-7-16-14)21(18,19)17-8-9-20-12(4-2)11-17/h5,7,10,12H,3-4,6,8-9,11H2,1-2H3,(H,15,16). The van der Waals surface area contributed by atoms with E-state index < -0.39 is 10.0 Å². The van der Waals surface area contributed by atoms with E-state index in [9.17, 15) is 8.42 Å². The highest BCUT2D eigenvalue weighted by Crippen LogP contribution is 2.26. The molecule has 0 aliphatic carbocycles. The summed E-state index contributed by atoms with van der Waals surface area (Å²) in [7, 11) is -3.41. The highest BCUT2D eigenvalue weighted by atomic mass is 32.2. The largest absolute Gasteiger partial charge is 0.370 e. The van der Waals surface area contributed by atoms with Crippen LogP contribution in [0, 0.1) is 0 Å². The molecule has 1 aliphatic heterocycles. The number of anilines is 1. The second kappa shape index (κ2) is 7.47. The van der Waals surface area contributed by atoms with Gasteiger partial charge in [0, 0.05) is 42.9 Å². The van der Waals surface area contributed by atoms with Gasteiger partial charge in [-0.25, -0.2) is 13.4 Å². The quantitative estimate of drug-likeness (QED) is 0.868. The number of aromatic nitrogens is 1. The van der Waals surface area contributed by atoms with Crippen LogP contribution in [-0.2, 0) is 10.0 Å². The fourth-order valence-electron chi connectivity index (χ4n) is 2.23. The van der Waals surface area contributed by atoms with Crippen molar-refractivity contribution in [2.24, 2.45) is 0 Å². The van der Waals surface area contributed by atoms with Crippen molar-refractivity contribution in [3.8, 4) is 0 Å². The molecule has 1 atom stereocenters. The molecule has 7 heteroatoms. The zero-order chi connectivity index (χ0) is 15.3. The van der Waals surface area contributed by atoms with Crippen LogP contribution in [0.25, 0.3) is 0 Å². The van der Waals surface area contributed by atoms with E-state index >= 15 is 0 Å². The lowest BCUT2D eigenvalue weighted by Gasteiger charge is -2.31. The monoisotopic (exact) mass is 329 g/mol. The minimum Gasteiger partial charge on any atom is -0.370 e. The highest BCUT2D eigenvalue weighted by Gasteiger charge is 2.30. The van der Waals surface area contributed by atoms with Gasteiger partial charge >= 0.3 is 0 Å². The van der Waals surface area contributed by atoms with Crippen LogP contribution in [0.1, 0.15) is 26.7 Å². The molecule has 2 rings (SSSR count). The first-order valence-electron chi connectivity index (χ1n) is 7.39. The van der Waals surface area contributed by atoms with Crippen LogP contribution in [0.3, 0.4) is 0 Å². The Morgan fingerprint density at radius 2 is 2.29 bits per heavy atom. The van der Waals surface area contributed by atoms with Crippen LogP contribution in [0.4, 0.5) is 5.82 Å². The molecule has 1 aliphatic rings. The lowest BCUT2D eigenvalue weighted by molar-refractivity contribution is 0.416. The molecule has 1 unspecified atom stereocenters. The minimum absolute atomic E-state index is 0.331. The number of sulfonamides is 1. The molecule has 0 aromatic carbocycles. The van der Waals surface area contributed by atoms with E-state index in [4.69, 9.17) is 0 Å². The predicted molar refractivity (Wildman–Crippen MR) is 88.3 cm³/mol. The average molecular weight is 329 g/mol. The lowest BCUT2D eigenvalue weighted by atomic mass is 10.3. The van der Waals surface area contributed by atoms with Gasteiger partial charge in [-0.3, -0.25) is 0 Å². The van der Waals surface area contributed by atoms with Gasteiger partial charge in [-0.15, -0.1) is 0 Å². The third-order valence-electron chi connectivity index (χ3n) is 3.48. The molecule has 1 fully saturated rings. The molecule has 1 aromatic heterocycles. The van der Waals surface area contributed by atoms with E-state index in [2.05, 4.69) is 24.1 Å². The molecule has 1 N–H and O–H groups in total. The van der Waals surface area contributed by atoms with Crippen molar-refractivity contribution in [3.63, 3.8) is 0 Å². The minimum atomic E-state index is -3.41. The number of hydrogen-bond acceptors (Lipinski definition) is 5. The number of thioether (sulfide) groups is 1. The third-order valence-corrected chi connectivity index (χ3v) is 6.72. The Hall–Kier alpha value is -0.790. The first-order valence-corrected chi connectivity index (χ1v) is 9.88. The summed E-state index contributed by atoms with van der Waals surface area (Å²) >= 11 is 1.86. The molecule has 118 valence electrons. The summed E-state index contributed by atoms with van der Waals surface area (Å²) < 4.78 is 27.1. The Balaban J connectivity index is 2.18. The van der Waals surface area contributed by atoms with Gasteiger partial charge in [0.15, 0.2) is 0 Å². The Morgan fingerprint density at radius 1 is 1.48 bits per heavy atom. The van der Waals surface area contributed by atoms with Crippen LogP contribution >= 0.6 is 11.8 Å². The third kappa shape index (κ3) is 4.11. The Kier molecular flexibility index (Phi) is 5.89. The van der Waals surface area contributed by atoms with Crippen molar-refractivity contribution >= 4 is 27.6 Å². The molecule has 0 saturated carbocycles. The van der Waals surface area contributed by atoms with Crippen LogP contribution < -0.4 is 5.32 Å². The normalized spacial score (nSPS) is 20.4. The van der Waals surface area contributed by atoms with E-state index in [-0.39, 0.29) is 0 Å². The second-order valence-corrected chi connectivity index (χ2v) is 8.41. The number of rotatable bonds is 6. The van der Waals surface area contributed by atoms with Gasteiger partial charge in [-0.2, -0.15) is 16.1 Å².